The Balaban J connectivity index is 1.54. The van der Waals surface area contributed by atoms with Crippen LogP contribution < -0.4 is 5.32 Å². The van der Waals surface area contributed by atoms with Gasteiger partial charge in [0.15, 0.2) is 0 Å². The number of nitrogens with zero attached hydrogens (tertiary/aromatic N) is 1. The summed E-state index contributed by atoms with van der Waals surface area (Å²) in [6.45, 7) is 1.33. The Kier molecular flexibility index (Phi) is 3.73. The molecule has 0 bridgehead atoms. The van der Waals surface area contributed by atoms with Gasteiger partial charge in [0.25, 0.3) is 5.91 Å². The highest BCUT2D eigenvalue weighted by molar-refractivity contribution is 5.96. The average Bonchev–Trinajstić information content (AvgIpc) is 3.00. The molecule has 1 aromatic carbocycles. The zero-order valence-corrected chi connectivity index (χ0v) is 11.6. The summed E-state index contributed by atoms with van der Waals surface area (Å²) in [4.78, 5) is 29.0. The number of aromatic amines is 1. The van der Waals surface area contributed by atoms with Gasteiger partial charge in [0.2, 0.25) is 5.91 Å². The second-order valence-electron chi connectivity index (χ2n) is 5.10. The summed E-state index contributed by atoms with van der Waals surface area (Å²) in [6.07, 6.45) is 2.73. The van der Waals surface area contributed by atoms with Crippen LogP contribution in [0.3, 0.4) is 0 Å². The van der Waals surface area contributed by atoms with Crippen molar-refractivity contribution in [2.45, 2.75) is 13.0 Å². The molecule has 0 aliphatic carbocycles. The molecule has 0 spiro atoms. The summed E-state index contributed by atoms with van der Waals surface area (Å²) in [5.41, 5.74) is 2.92. The number of rotatable bonds is 3. The first-order valence-electron chi connectivity index (χ1n) is 7.00. The zero-order chi connectivity index (χ0) is 14.7. The molecule has 21 heavy (non-hydrogen) atoms. The molecule has 0 saturated carbocycles. The molecule has 1 aliphatic rings. The SMILES string of the molecule is O=C(NCC(=O)N1CCc2[nH]ccc2C1)c1ccccc1. The molecule has 0 atom stereocenters. The van der Waals surface area contributed by atoms with Crippen molar-refractivity contribution in [2.24, 2.45) is 0 Å². The van der Waals surface area contributed by atoms with Gasteiger partial charge in [-0.3, -0.25) is 9.59 Å². The number of fused-ring (bicyclic) bond motifs is 1. The van der Waals surface area contributed by atoms with Gasteiger partial charge < -0.3 is 15.2 Å². The van der Waals surface area contributed by atoms with Crippen molar-refractivity contribution in [3.8, 4) is 0 Å². The van der Waals surface area contributed by atoms with Gasteiger partial charge in [0.05, 0.1) is 6.54 Å². The first-order chi connectivity index (χ1) is 10.2. The van der Waals surface area contributed by atoms with Gasteiger partial charge in [-0.2, -0.15) is 0 Å². The van der Waals surface area contributed by atoms with Crippen molar-refractivity contribution in [1.29, 1.82) is 0 Å². The number of nitrogens with one attached hydrogen (secondary N) is 2. The molecule has 2 heterocycles. The van der Waals surface area contributed by atoms with E-state index in [0.717, 1.165) is 12.0 Å². The average molecular weight is 283 g/mol. The van der Waals surface area contributed by atoms with E-state index in [1.54, 1.807) is 29.2 Å². The Hall–Kier alpha value is -2.56. The van der Waals surface area contributed by atoms with Crippen molar-refractivity contribution in [3.63, 3.8) is 0 Å². The molecule has 1 aromatic heterocycles. The summed E-state index contributed by atoms with van der Waals surface area (Å²) >= 11 is 0. The van der Waals surface area contributed by atoms with E-state index in [4.69, 9.17) is 0 Å². The first-order valence-corrected chi connectivity index (χ1v) is 7.00. The lowest BCUT2D eigenvalue weighted by Gasteiger charge is -2.27. The van der Waals surface area contributed by atoms with Crippen LogP contribution >= 0.6 is 0 Å². The topological polar surface area (TPSA) is 65.2 Å². The number of H-pyrrole nitrogens is 1. The van der Waals surface area contributed by atoms with Crippen LogP contribution in [0.15, 0.2) is 42.6 Å². The molecule has 0 radical (unpaired) electrons. The Morgan fingerprint density at radius 2 is 2.00 bits per heavy atom. The Labute approximate surface area is 123 Å². The van der Waals surface area contributed by atoms with E-state index < -0.39 is 0 Å². The lowest BCUT2D eigenvalue weighted by atomic mass is 10.1. The quantitative estimate of drug-likeness (QED) is 0.892. The van der Waals surface area contributed by atoms with Gasteiger partial charge in [-0.15, -0.1) is 0 Å². The maximum Gasteiger partial charge on any atom is 0.251 e. The van der Waals surface area contributed by atoms with Crippen LogP contribution in [-0.2, 0) is 17.8 Å². The summed E-state index contributed by atoms with van der Waals surface area (Å²) in [7, 11) is 0. The highest BCUT2D eigenvalue weighted by atomic mass is 16.2. The fourth-order valence-electron chi connectivity index (χ4n) is 2.52. The third kappa shape index (κ3) is 2.97. The number of amides is 2. The molecular formula is C16H17N3O2. The molecule has 2 N–H and O–H groups in total. The summed E-state index contributed by atoms with van der Waals surface area (Å²) in [6, 6.07) is 10.9. The number of hydrogen-bond donors (Lipinski definition) is 2. The summed E-state index contributed by atoms with van der Waals surface area (Å²) < 4.78 is 0. The van der Waals surface area contributed by atoms with E-state index in [-0.39, 0.29) is 18.4 Å². The van der Waals surface area contributed by atoms with Gasteiger partial charge >= 0.3 is 0 Å². The first kappa shape index (κ1) is 13.4. The smallest absolute Gasteiger partial charge is 0.251 e. The maximum absolute atomic E-state index is 12.2. The molecule has 0 saturated heterocycles. The number of hydrogen-bond acceptors (Lipinski definition) is 2. The minimum Gasteiger partial charge on any atom is -0.365 e. The number of carbonyl (C=O) groups is 2. The Morgan fingerprint density at radius 3 is 2.81 bits per heavy atom. The minimum absolute atomic E-state index is 0.0352. The van der Waals surface area contributed by atoms with E-state index in [2.05, 4.69) is 10.3 Å². The molecule has 108 valence electrons. The van der Waals surface area contributed by atoms with Gasteiger partial charge in [-0.05, 0) is 23.8 Å². The van der Waals surface area contributed by atoms with E-state index >= 15 is 0 Å². The monoisotopic (exact) mass is 283 g/mol. The fourth-order valence-corrected chi connectivity index (χ4v) is 2.52. The molecule has 0 fully saturated rings. The van der Waals surface area contributed by atoms with Gasteiger partial charge in [0.1, 0.15) is 0 Å². The van der Waals surface area contributed by atoms with Gasteiger partial charge in [-0.25, -0.2) is 0 Å². The molecule has 3 rings (SSSR count). The molecule has 2 aromatic rings. The van der Waals surface area contributed by atoms with Crippen molar-refractivity contribution < 1.29 is 9.59 Å². The van der Waals surface area contributed by atoms with Crippen LogP contribution in [0, 0.1) is 0 Å². The highest BCUT2D eigenvalue weighted by Gasteiger charge is 2.21. The van der Waals surface area contributed by atoms with Crippen LogP contribution in [0.4, 0.5) is 0 Å². The van der Waals surface area contributed by atoms with Crippen LogP contribution in [0.2, 0.25) is 0 Å². The molecule has 0 unspecified atom stereocenters. The lowest BCUT2D eigenvalue weighted by molar-refractivity contribution is -0.131. The Bertz CT molecular complexity index is 649. The van der Waals surface area contributed by atoms with Crippen molar-refractivity contribution in [2.75, 3.05) is 13.1 Å². The second-order valence-corrected chi connectivity index (χ2v) is 5.10. The summed E-state index contributed by atoms with van der Waals surface area (Å²) in [5.74, 6) is -0.269. The van der Waals surface area contributed by atoms with Crippen molar-refractivity contribution in [3.05, 3.63) is 59.4 Å². The lowest BCUT2D eigenvalue weighted by Crippen LogP contribution is -2.42. The van der Waals surface area contributed by atoms with Crippen LogP contribution in [0.1, 0.15) is 21.6 Å². The van der Waals surface area contributed by atoms with Crippen molar-refractivity contribution >= 4 is 11.8 Å². The number of carbonyl (C=O) groups excluding carboxylic acids is 2. The van der Waals surface area contributed by atoms with Gasteiger partial charge in [0, 0.05) is 37.0 Å². The highest BCUT2D eigenvalue weighted by Crippen LogP contribution is 2.16. The van der Waals surface area contributed by atoms with Crippen LogP contribution in [-0.4, -0.2) is 34.8 Å². The second kappa shape index (κ2) is 5.83. The minimum atomic E-state index is -0.219. The number of aromatic nitrogens is 1. The third-order valence-electron chi connectivity index (χ3n) is 3.71. The third-order valence-corrected chi connectivity index (χ3v) is 3.71. The van der Waals surface area contributed by atoms with Crippen LogP contribution in [0.25, 0.3) is 0 Å². The largest absolute Gasteiger partial charge is 0.365 e. The van der Waals surface area contributed by atoms with Crippen LogP contribution in [0.5, 0.6) is 0 Å². The molecule has 1 aliphatic heterocycles. The van der Waals surface area contributed by atoms with E-state index in [0.29, 0.717) is 18.7 Å². The molecular weight excluding hydrogens is 266 g/mol. The predicted octanol–water partition coefficient (Wildman–Crippen LogP) is 1.33. The fraction of sp³-hybridized carbons (Fsp3) is 0.250. The van der Waals surface area contributed by atoms with Gasteiger partial charge in [-0.1, -0.05) is 18.2 Å². The number of benzene rings is 1. The predicted molar refractivity (Wildman–Crippen MR) is 78.7 cm³/mol. The summed E-state index contributed by atoms with van der Waals surface area (Å²) in [5, 5.41) is 2.68. The van der Waals surface area contributed by atoms with E-state index in [1.165, 1.54) is 5.69 Å². The Morgan fingerprint density at radius 1 is 1.19 bits per heavy atom. The molecule has 2 amide bonds. The molecule has 5 heteroatoms. The molecule has 5 nitrogen and oxygen atoms in total. The van der Waals surface area contributed by atoms with E-state index in [1.807, 2.05) is 18.3 Å². The zero-order valence-electron chi connectivity index (χ0n) is 11.6. The maximum atomic E-state index is 12.2. The standard InChI is InChI=1S/C16H17N3O2/c20-15(10-18-16(21)12-4-2-1-3-5-12)19-9-7-14-13(11-19)6-8-17-14/h1-6,8,17H,7,9-11H2,(H,18,21). The normalized spacial score (nSPS) is 13.6. The van der Waals surface area contributed by atoms with Crippen molar-refractivity contribution in [1.82, 2.24) is 15.2 Å². The van der Waals surface area contributed by atoms with E-state index in [9.17, 15) is 9.59 Å².